The average Bonchev–Trinajstić information content (AvgIpc) is 2.98. The first-order valence-electron chi connectivity index (χ1n) is 9.30. The van der Waals surface area contributed by atoms with Crippen molar-refractivity contribution in [2.24, 2.45) is 11.8 Å². The third kappa shape index (κ3) is 6.78. The first-order chi connectivity index (χ1) is 12.9. The molecule has 0 spiro atoms. The molecule has 0 aliphatic heterocycles. The van der Waals surface area contributed by atoms with Crippen molar-refractivity contribution >= 4 is 40.7 Å². The van der Waals surface area contributed by atoms with Gasteiger partial charge in [0.25, 0.3) is 0 Å². The van der Waals surface area contributed by atoms with E-state index >= 15 is 0 Å². The van der Waals surface area contributed by atoms with E-state index in [0.717, 1.165) is 32.1 Å². The van der Waals surface area contributed by atoms with Gasteiger partial charge in [-0.1, -0.05) is 48.5 Å². The molecular formula is C21H24Cl2O4. The molecule has 2 rings (SSSR count). The Morgan fingerprint density at radius 2 is 1.85 bits per heavy atom. The van der Waals surface area contributed by atoms with Crippen LogP contribution in [0.4, 0.5) is 0 Å². The summed E-state index contributed by atoms with van der Waals surface area (Å²) in [6.45, 7) is 0. The van der Waals surface area contributed by atoms with Gasteiger partial charge in [-0.15, -0.1) is 0 Å². The molecular weight excluding hydrogens is 387 g/mol. The SMILES string of the molecule is O=C(O)CCCCCCC1C(=O)CCC1C=CC(=O)c1ccc(Cl)c(Cl)c1. The van der Waals surface area contributed by atoms with Crippen LogP contribution in [0.25, 0.3) is 0 Å². The number of carbonyl (C=O) groups excluding carboxylic acids is 2. The Morgan fingerprint density at radius 3 is 2.56 bits per heavy atom. The molecule has 1 N–H and O–H groups in total. The second-order valence-electron chi connectivity index (χ2n) is 6.97. The van der Waals surface area contributed by atoms with Crippen LogP contribution >= 0.6 is 23.2 Å². The summed E-state index contributed by atoms with van der Waals surface area (Å²) < 4.78 is 0. The van der Waals surface area contributed by atoms with E-state index in [9.17, 15) is 14.4 Å². The van der Waals surface area contributed by atoms with Crippen molar-refractivity contribution in [3.8, 4) is 0 Å². The maximum atomic E-state index is 12.3. The molecule has 1 saturated carbocycles. The fourth-order valence-corrected chi connectivity index (χ4v) is 3.79. The van der Waals surface area contributed by atoms with Crippen molar-refractivity contribution in [2.75, 3.05) is 0 Å². The highest BCUT2D eigenvalue weighted by molar-refractivity contribution is 6.42. The van der Waals surface area contributed by atoms with E-state index in [2.05, 4.69) is 0 Å². The van der Waals surface area contributed by atoms with Gasteiger partial charge in [-0.2, -0.15) is 0 Å². The van der Waals surface area contributed by atoms with Gasteiger partial charge >= 0.3 is 5.97 Å². The van der Waals surface area contributed by atoms with Gasteiger partial charge in [0.2, 0.25) is 0 Å². The van der Waals surface area contributed by atoms with Gasteiger partial charge in [-0.05, 0) is 49.5 Å². The van der Waals surface area contributed by atoms with Crippen LogP contribution in [0.2, 0.25) is 10.0 Å². The summed E-state index contributed by atoms with van der Waals surface area (Å²) in [4.78, 5) is 35.0. The molecule has 0 bridgehead atoms. The van der Waals surface area contributed by atoms with E-state index in [4.69, 9.17) is 28.3 Å². The van der Waals surface area contributed by atoms with Crippen molar-refractivity contribution in [3.63, 3.8) is 0 Å². The molecule has 2 unspecified atom stereocenters. The fourth-order valence-electron chi connectivity index (χ4n) is 3.49. The summed E-state index contributed by atoms with van der Waals surface area (Å²) in [7, 11) is 0. The van der Waals surface area contributed by atoms with Crippen LogP contribution in [-0.2, 0) is 9.59 Å². The van der Waals surface area contributed by atoms with Crippen molar-refractivity contribution < 1.29 is 19.5 Å². The molecule has 1 fully saturated rings. The number of Topliss-reactive ketones (excluding diaryl/α,β-unsaturated/α-hetero) is 1. The molecule has 1 aliphatic rings. The summed E-state index contributed by atoms with van der Waals surface area (Å²) >= 11 is 11.8. The number of aliphatic carboxylic acids is 1. The maximum Gasteiger partial charge on any atom is 0.303 e. The van der Waals surface area contributed by atoms with Crippen LogP contribution < -0.4 is 0 Å². The van der Waals surface area contributed by atoms with Crippen LogP contribution in [-0.4, -0.2) is 22.6 Å². The second-order valence-corrected chi connectivity index (χ2v) is 7.79. The number of carbonyl (C=O) groups is 3. The molecule has 146 valence electrons. The number of hydrogen-bond acceptors (Lipinski definition) is 3. The molecule has 27 heavy (non-hydrogen) atoms. The van der Waals surface area contributed by atoms with Gasteiger partial charge in [0.05, 0.1) is 10.0 Å². The minimum Gasteiger partial charge on any atom is -0.481 e. The predicted molar refractivity (Wildman–Crippen MR) is 106 cm³/mol. The van der Waals surface area contributed by atoms with Crippen molar-refractivity contribution in [2.45, 2.75) is 51.4 Å². The highest BCUT2D eigenvalue weighted by atomic mass is 35.5. The van der Waals surface area contributed by atoms with Gasteiger partial charge in [0.15, 0.2) is 5.78 Å². The van der Waals surface area contributed by atoms with Gasteiger partial charge in [0.1, 0.15) is 5.78 Å². The second kappa shape index (κ2) is 10.6. The number of carboxylic acid groups (broad SMARTS) is 1. The van der Waals surface area contributed by atoms with E-state index in [0.29, 0.717) is 28.5 Å². The van der Waals surface area contributed by atoms with Gasteiger partial charge < -0.3 is 5.11 Å². The van der Waals surface area contributed by atoms with Gasteiger partial charge in [-0.3, -0.25) is 14.4 Å². The third-order valence-electron chi connectivity index (χ3n) is 5.01. The highest BCUT2D eigenvalue weighted by Crippen LogP contribution is 2.34. The summed E-state index contributed by atoms with van der Waals surface area (Å²) in [6.07, 6.45) is 9.07. The lowest BCUT2D eigenvalue weighted by Gasteiger charge is -2.14. The van der Waals surface area contributed by atoms with Crippen molar-refractivity contribution in [1.82, 2.24) is 0 Å². The Hall–Kier alpha value is -1.65. The molecule has 1 aromatic rings. The lowest BCUT2D eigenvalue weighted by molar-refractivity contribution is -0.137. The van der Waals surface area contributed by atoms with Crippen LogP contribution in [0.5, 0.6) is 0 Å². The predicted octanol–water partition coefficient (Wildman–Crippen LogP) is 5.75. The summed E-state index contributed by atoms with van der Waals surface area (Å²) in [5.41, 5.74) is 0.472. The minimum atomic E-state index is -0.766. The number of benzene rings is 1. The zero-order valence-electron chi connectivity index (χ0n) is 15.1. The smallest absolute Gasteiger partial charge is 0.303 e. The van der Waals surface area contributed by atoms with E-state index in [1.807, 2.05) is 6.08 Å². The Labute approximate surface area is 169 Å². The zero-order valence-corrected chi connectivity index (χ0v) is 16.6. The lowest BCUT2D eigenvalue weighted by atomic mass is 9.89. The molecule has 0 radical (unpaired) electrons. The number of carboxylic acids is 1. The Bertz CT molecular complexity index is 727. The van der Waals surface area contributed by atoms with Gasteiger partial charge in [0, 0.05) is 24.3 Å². The van der Waals surface area contributed by atoms with Crippen LogP contribution in [0.3, 0.4) is 0 Å². The summed E-state index contributed by atoms with van der Waals surface area (Å²) in [5.74, 6) is -0.610. The Balaban J connectivity index is 1.85. The zero-order chi connectivity index (χ0) is 19.8. The molecule has 6 heteroatoms. The quantitative estimate of drug-likeness (QED) is 0.302. The molecule has 0 saturated heterocycles. The fraction of sp³-hybridized carbons (Fsp3) is 0.476. The molecule has 1 aromatic carbocycles. The Morgan fingerprint density at radius 1 is 1.11 bits per heavy atom. The standard InChI is InChI=1S/C21H24Cl2O4/c22-17-10-7-15(13-18(17)23)19(24)11-8-14-9-12-20(25)16(14)5-3-1-2-4-6-21(26)27/h7-8,10-11,13-14,16H,1-6,9,12H2,(H,26,27). The molecule has 1 aliphatic carbocycles. The number of rotatable bonds is 10. The number of ketones is 2. The van der Waals surface area contributed by atoms with E-state index in [-0.39, 0.29) is 29.8 Å². The largest absolute Gasteiger partial charge is 0.481 e. The van der Waals surface area contributed by atoms with Crippen LogP contribution in [0, 0.1) is 11.8 Å². The van der Waals surface area contributed by atoms with E-state index in [1.165, 1.54) is 6.08 Å². The van der Waals surface area contributed by atoms with E-state index in [1.54, 1.807) is 18.2 Å². The summed E-state index contributed by atoms with van der Waals surface area (Å²) in [6, 6.07) is 4.78. The average molecular weight is 411 g/mol. The third-order valence-corrected chi connectivity index (χ3v) is 5.75. The first kappa shape index (κ1) is 21.6. The molecule has 0 heterocycles. The van der Waals surface area contributed by atoms with E-state index < -0.39 is 5.97 Å². The molecule has 0 aromatic heterocycles. The van der Waals surface area contributed by atoms with Crippen LogP contribution in [0.1, 0.15) is 61.7 Å². The summed E-state index contributed by atoms with van der Waals surface area (Å²) in [5, 5.41) is 9.38. The van der Waals surface area contributed by atoms with Crippen LogP contribution in [0.15, 0.2) is 30.4 Å². The maximum absolute atomic E-state index is 12.3. The number of hydrogen-bond donors (Lipinski definition) is 1. The highest BCUT2D eigenvalue weighted by Gasteiger charge is 2.32. The van der Waals surface area contributed by atoms with Crippen molar-refractivity contribution in [3.05, 3.63) is 46.0 Å². The molecule has 2 atom stereocenters. The Kier molecular flexibility index (Phi) is 8.52. The lowest BCUT2D eigenvalue weighted by Crippen LogP contribution is -2.13. The van der Waals surface area contributed by atoms with Crippen molar-refractivity contribution in [1.29, 1.82) is 0 Å². The minimum absolute atomic E-state index is 0.0395. The first-order valence-corrected chi connectivity index (χ1v) is 10.1. The number of halogens is 2. The molecule has 4 nitrogen and oxygen atoms in total. The molecule has 0 amide bonds. The normalized spacial score (nSPS) is 19.7. The topological polar surface area (TPSA) is 71.4 Å². The number of unbranched alkanes of at least 4 members (excludes halogenated alkanes) is 3. The number of allylic oxidation sites excluding steroid dienone is 2. The monoisotopic (exact) mass is 410 g/mol. The van der Waals surface area contributed by atoms with Gasteiger partial charge in [-0.25, -0.2) is 0 Å².